The Morgan fingerprint density at radius 3 is 2.29 bits per heavy atom. The fraction of sp³-hybridized carbons (Fsp3) is 0.263. The van der Waals surface area contributed by atoms with E-state index in [1.165, 1.54) is 0 Å². The monoisotopic (exact) mass is 323 g/mol. The molecule has 0 heterocycles. The highest BCUT2D eigenvalue weighted by Gasteiger charge is 2.10. The molecule has 1 amide bonds. The molecule has 0 unspecified atom stereocenters. The summed E-state index contributed by atoms with van der Waals surface area (Å²) in [6.07, 6.45) is 0. The highest BCUT2D eigenvalue weighted by atomic mass is 16.3. The minimum Gasteiger partial charge on any atom is -0.395 e. The average molecular weight is 323 g/mol. The summed E-state index contributed by atoms with van der Waals surface area (Å²) in [5.41, 5.74) is 2.81. The Balaban J connectivity index is 2.00. The molecule has 0 aromatic heterocycles. The van der Waals surface area contributed by atoms with E-state index in [0.717, 1.165) is 5.56 Å². The van der Waals surface area contributed by atoms with Crippen molar-refractivity contribution >= 4 is 11.6 Å². The van der Waals surface area contributed by atoms with Crippen molar-refractivity contribution in [1.82, 2.24) is 5.32 Å². The number of nitrogens with one attached hydrogen (secondary N) is 2. The summed E-state index contributed by atoms with van der Waals surface area (Å²) in [5, 5.41) is 24.0. The molecule has 2 atom stereocenters. The van der Waals surface area contributed by atoms with E-state index in [1.54, 1.807) is 24.3 Å². The molecule has 2 aromatic rings. The molecule has 124 valence electrons. The minimum absolute atomic E-state index is 0.0239. The Morgan fingerprint density at radius 1 is 1.12 bits per heavy atom. The fourth-order valence-electron chi connectivity index (χ4n) is 2.33. The zero-order valence-corrected chi connectivity index (χ0v) is 13.8. The van der Waals surface area contributed by atoms with Crippen LogP contribution in [0.25, 0.3) is 0 Å². The van der Waals surface area contributed by atoms with Gasteiger partial charge < -0.3 is 15.7 Å². The van der Waals surface area contributed by atoms with Crippen molar-refractivity contribution in [1.29, 1.82) is 5.26 Å². The molecular formula is C19H21N3O2. The number of nitrogens with zero attached hydrogens (tertiary/aromatic N) is 1. The third-order valence-corrected chi connectivity index (χ3v) is 3.75. The molecule has 0 saturated heterocycles. The van der Waals surface area contributed by atoms with Crippen LogP contribution in [0.15, 0.2) is 48.5 Å². The predicted octanol–water partition coefficient (Wildman–Crippen LogP) is 2.84. The van der Waals surface area contributed by atoms with Crippen molar-refractivity contribution < 1.29 is 9.90 Å². The molecule has 0 saturated carbocycles. The lowest BCUT2D eigenvalue weighted by Gasteiger charge is -2.19. The van der Waals surface area contributed by atoms with Crippen LogP contribution >= 0.6 is 0 Å². The van der Waals surface area contributed by atoms with Gasteiger partial charge in [-0.25, -0.2) is 0 Å². The molecule has 0 spiro atoms. The second-order valence-electron chi connectivity index (χ2n) is 5.74. The molecule has 0 aliphatic rings. The van der Waals surface area contributed by atoms with E-state index in [0.29, 0.717) is 16.8 Å². The molecule has 0 fully saturated rings. The van der Waals surface area contributed by atoms with Gasteiger partial charge in [0.1, 0.15) is 0 Å². The Hall–Kier alpha value is -2.68. The molecule has 0 aliphatic carbocycles. The highest BCUT2D eigenvalue weighted by Crippen LogP contribution is 2.17. The van der Waals surface area contributed by atoms with Crippen LogP contribution in [-0.4, -0.2) is 23.7 Å². The topological polar surface area (TPSA) is 85.2 Å². The molecule has 2 aromatic carbocycles. The second-order valence-corrected chi connectivity index (χ2v) is 5.74. The van der Waals surface area contributed by atoms with Crippen LogP contribution in [0, 0.1) is 11.3 Å². The van der Waals surface area contributed by atoms with Gasteiger partial charge >= 0.3 is 0 Å². The van der Waals surface area contributed by atoms with Gasteiger partial charge in [0.2, 0.25) is 0 Å². The van der Waals surface area contributed by atoms with Gasteiger partial charge in [-0.2, -0.15) is 5.26 Å². The average Bonchev–Trinajstić information content (AvgIpc) is 2.62. The van der Waals surface area contributed by atoms with Crippen LogP contribution in [-0.2, 0) is 0 Å². The molecule has 3 N–H and O–H groups in total. The second kappa shape index (κ2) is 8.25. The first-order valence-corrected chi connectivity index (χ1v) is 7.82. The first-order chi connectivity index (χ1) is 11.5. The molecule has 5 nitrogen and oxygen atoms in total. The molecule has 0 radical (unpaired) electrons. The number of nitriles is 1. The maximum absolute atomic E-state index is 12.2. The number of carbonyl (C=O) groups excluding carboxylic acids is 1. The molecule has 5 heteroatoms. The van der Waals surface area contributed by atoms with Gasteiger partial charge in [0.25, 0.3) is 5.91 Å². The molecular weight excluding hydrogens is 302 g/mol. The first-order valence-electron chi connectivity index (χ1n) is 7.82. The summed E-state index contributed by atoms with van der Waals surface area (Å²) in [4.78, 5) is 12.2. The number of rotatable bonds is 6. The van der Waals surface area contributed by atoms with Crippen molar-refractivity contribution in [3.05, 3.63) is 65.2 Å². The highest BCUT2D eigenvalue weighted by molar-refractivity contribution is 6.04. The number of hydrogen-bond acceptors (Lipinski definition) is 4. The molecule has 0 aliphatic heterocycles. The number of benzene rings is 2. The third-order valence-electron chi connectivity index (χ3n) is 3.75. The molecule has 0 bridgehead atoms. The normalized spacial score (nSPS) is 12.9. The summed E-state index contributed by atoms with van der Waals surface area (Å²) < 4.78 is 0. The van der Waals surface area contributed by atoms with E-state index in [4.69, 9.17) is 10.4 Å². The van der Waals surface area contributed by atoms with E-state index in [-0.39, 0.29) is 24.6 Å². The smallest absolute Gasteiger partial charge is 0.255 e. The zero-order chi connectivity index (χ0) is 17.5. The lowest BCUT2D eigenvalue weighted by molar-refractivity contribution is 0.102. The van der Waals surface area contributed by atoms with E-state index >= 15 is 0 Å². The van der Waals surface area contributed by atoms with Gasteiger partial charge in [0, 0.05) is 23.3 Å². The number of anilines is 1. The number of carbonyl (C=O) groups is 1. The van der Waals surface area contributed by atoms with Crippen LogP contribution in [0.1, 0.15) is 41.4 Å². The minimum atomic E-state index is -0.215. The van der Waals surface area contributed by atoms with Crippen LogP contribution in [0.5, 0.6) is 0 Å². The fourth-order valence-corrected chi connectivity index (χ4v) is 2.33. The van der Waals surface area contributed by atoms with Gasteiger partial charge in [-0.3, -0.25) is 4.79 Å². The van der Waals surface area contributed by atoms with E-state index in [9.17, 15) is 4.79 Å². The summed E-state index contributed by atoms with van der Waals surface area (Å²) in [6.45, 7) is 4.03. The number of aliphatic hydroxyl groups excluding tert-OH is 1. The Morgan fingerprint density at radius 2 is 1.75 bits per heavy atom. The Kier molecular flexibility index (Phi) is 6.07. The van der Waals surface area contributed by atoms with Crippen LogP contribution < -0.4 is 10.6 Å². The first kappa shape index (κ1) is 17.7. The Labute approximate surface area is 141 Å². The van der Waals surface area contributed by atoms with Crippen molar-refractivity contribution in [2.75, 3.05) is 11.9 Å². The summed E-state index contributed by atoms with van der Waals surface area (Å²) in [5.74, 6) is -0.215. The number of amides is 1. The Bertz CT molecular complexity index is 718. The van der Waals surface area contributed by atoms with Crippen LogP contribution in [0.2, 0.25) is 0 Å². The van der Waals surface area contributed by atoms with E-state index in [2.05, 4.69) is 10.6 Å². The van der Waals surface area contributed by atoms with Crippen molar-refractivity contribution in [3.8, 4) is 6.07 Å². The maximum atomic E-state index is 12.2. The van der Waals surface area contributed by atoms with Gasteiger partial charge in [0.05, 0.1) is 18.2 Å². The number of hydrogen-bond donors (Lipinski definition) is 3. The van der Waals surface area contributed by atoms with Crippen molar-refractivity contribution in [2.24, 2.45) is 0 Å². The lowest BCUT2D eigenvalue weighted by atomic mass is 10.1. The third kappa shape index (κ3) is 4.66. The van der Waals surface area contributed by atoms with Crippen LogP contribution in [0.3, 0.4) is 0 Å². The van der Waals surface area contributed by atoms with Crippen molar-refractivity contribution in [3.63, 3.8) is 0 Å². The van der Waals surface area contributed by atoms with Gasteiger partial charge in [-0.15, -0.1) is 0 Å². The lowest BCUT2D eigenvalue weighted by Crippen LogP contribution is -2.31. The maximum Gasteiger partial charge on any atom is 0.255 e. The summed E-state index contributed by atoms with van der Waals surface area (Å²) in [6, 6.07) is 16.2. The predicted molar refractivity (Wildman–Crippen MR) is 93.7 cm³/mol. The van der Waals surface area contributed by atoms with Gasteiger partial charge in [-0.05, 0) is 55.8 Å². The largest absolute Gasteiger partial charge is 0.395 e. The SMILES string of the molecule is C[C@@H](CO)N[C@H](C)c1ccc(NC(=O)c2ccc(C#N)cc2)cc1. The summed E-state index contributed by atoms with van der Waals surface area (Å²) >= 11 is 0. The zero-order valence-electron chi connectivity index (χ0n) is 13.8. The van der Waals surface area contributed by atoms with Gasteiger partial charge in [0.15, 0.2) is 0 Å². The molecule has 2 rings (SSSR count). The van der Waals surface area contributed by atoms with E-state index < -0.39 is 0 Å². The van der Waals surface area contributed by atoms with Gasteiger partial charge in [-0.1, -0.05) is 12.1 Å². The molecule has 24 heavy (non-hydrogen) atoms. The standard InChI is InChI=1S/C19H21N3O2/c1-13(12-23)21-14(2)16-7-9-18(10-8-16)22-19(24)17-5-3-15(11-20)4-6-17/h3-10,13-14,21,23H,12H2,1-2H3,(H,22,24)/t13-,14+/m0/s1. The van der Waals surface area contributed by atoms with E-state index in [1.807, 2.05) is 44.2 Å². The number of aliphatic hydroxyl groups is 1. The van der Waals surface area contributed by atoms with Crippen molar-refractivity contribution in [2.45, 2.75) is 25.9 Å². The van der Waals surface area contributed by atoms with Crippen LogP contribution in [0.4, 0.5) is 5.69 Å². The quantitative estimate of drug-likeness (QED) is 0.763. The summed E-state index contributed by atoms with van der Waals surface area (Å²) in [7, 11) is 0.